The molecule has 5 rings (SSSR count). The van der Waals surface area contributed by atoms with Crippen LogP contribution < -0.4 is 22.5 Å². The number of fused-ring (bicyclic) bond motifs is 1. The lowest BCUT2D eigenvalue weighted by molar-refractivity contribution is 0.221. The summed E-state index contributed by atoms with van der Waals surface area (Å²) in [5.74, 6) is 1.94. The van der Waals surface area contributed by atoms with E-state index in [1.54, 1.807) is 17.2 Å². The van der Waals surface area contributed by atoms with Gasteiger partial charge in [-0.1, -0.05) is 12.1 Å². The number of nitrogens with zero attached hydrogens (tertiary/aromatic N) is 4. The molecule has 2 aliphatic heterocycles. The first-order chi connectivity index (χ1) is 15.0. The number of hydrogen-bond acceptors (Lipinski definition) is 6. The first-order valence-corrected chi connectivity index (χ1v) is 10.9. The van der Waals surface area contributed by atoms with Crippen LogP contribution in [0.4, 0.5) is 10.6 Å². The van der Waals surface area contributed by atoms with Gasteiger partial charge < -0.3 is 16.4 Å². The molecule has 3 heterocycles. The molecule has 5 N–H and O–H groups in total. The quantitative estimate of drug-likeness (QED) is 0.641. The van der Waals surface area contributed by atoms with Gasteiger partial charge in [-0.2, -0.15) is 4.98 Å². The minimum atomic E-state index is -0.430. The van der Waals surface area contributed by atoms with Gasteiger partial charge in [0.1, 0.15) is 5.82 Å². The zero-order valence-electron chi connectivity index (χ0n) is 17.5. The second-order valence-electron chi connectivity index (χ2n) is 9.00. The van der Waals surface area contributed by atoms with Crippen molar-refractivity contribution in [2.24, 2.45) is 29.2 Å². The van der Waals surface area contributed by atoms with E-state index in [0.717, 1.165) is 31.7 Å². The third-order valence-electron chi connectivity index (χ3n) is 6.90. The fourth-order valence-corrected chi connectivity index (χ4v) is 4.88. The molecule has 0 radical (unpaired) electrons. The fourth-order valence-electron chi connectivity index (χ4n) is 4.88. The number of urea groups is 1. The number of hydrogen-bond donors (Lipinski definition) is 3. The zero-order valence-corrected chi connectivity index (χ0v) is 17.5. The summed E-state index contributed by atoms with van der Waals surface area (Å²) in [4.78, 5) is 33.1. The SMILES string of the molecule is NC[C@@H]1CCN(C(=O)Nc2ccn(-c3ccc(CN4C[C@@H]5[C@@H](N)[C@@H]5C4)cc3)c(=O)n2)C1. The van der Waals surface area contributed by atoms with Crippen LogP contribution in [-0.2, 0) is 6.54 Å². The summed E-state index contributed by atoms with van der Waals surface area (Å²) in [5, 5.41) is 2.71. The maximum Gasteiger partial charge on any atom is 0.354 e. The lowest BCUT2D eigenvalue weighted by Gasteiger charge is -2.19. The van der Waals surface area contributed by atoms with Gasteiger partial charge in [-0.3, -0.25) is 14.8 Å². The summed E-state index contributed by atoms with van der Waals surface area (Å²) >= 11 is 0. The van der Waals surface area contributed by atoms with Crippen LogP contribution in [0.3, 0.4) is 0 Å². The van der Waals surface area contributed by atoms with Gasteiger partial charge in [0.2, 0.25) is 0 Å². The second kappa shape index (κ2) is 8.07. The van der Waals surface area contributed by atoms with E-state index in [1.807, 2.05) is 24.3 Å². The molecular weight excluding hydrogens is 394 g/mol. The number of aromatic nitrogens is 2. The van der Waals surface area contributed by atoms with Crippen LogP contribution in [0.15, 0.2) is 41.3 Å². The van der Waals surface area contributed by atoms with E-state index in [-0.39, 0.29) is 11.8 Å². The first-order valence-electron chi connectivity index (χ1n) is 10.9. The third kappa shape index (κ3) is 4.08. The Hall–Kier alpha value is -2.75. The van der Waals surface area contributed by atoms with Crippen LogP contribution in [0.25, 0.3) is 5.69 Å². The van der Waals surface area contributed by atoms with E-state index in [4.69, 9.17) is 11.5 Å². The summed E-state index contributed by atoms with van der Waals surface area (Å²) in [6, 6.07) is 9.75. The Balaban J connectivity index is 1.20. The van der Waals surface area contributed by atoms with Crippen molar-refractivity contribution in [2.45, 2.75) is 19.0 Å². The van der Waals surface area contributed by atoms with Gasteiger partial charge in [-0.05, 0) is 54.5 Å². The lowest BCUT2D eigenvalue weighted by Crippen LogP contribution is -2.34. The minimum absolute atomic E-state index is 0.245. The highest BCUT2D eigenvalue weighted by molar-refractivity contribution is 5.88. The molecule has 0 spiro atoms. The number of amides is 2. The summed E-state index contributed by atoms with van der Waals surface area (Å²) in [5.41, 5.74) is 13.2. The van der Waals surface area contributed by atoms with E-state index in [0.29, 0.717) is 43.4 Å². The van der Waals surface area contributed by atoms with Gasteiger partial charge in [0.05, 0.1) is 5.69 Å². The molecular formula is C22H29N7O2. The Morgan fingerprint density at radius 3 is 2.52 bits per heavy atom. The Morgan fingerprint density at radius 1 is 1.13 bits per heavy atom. The van der Waals surface area contributed by atoms with E-state index < -0.39 is 5.69 Å². The molecule has 1 saturated carbocycles. The van der Waals surface area contributed by atoms with Crippen LogP contribution in [0.2, 0.25) is 0 Å². The molecule has 0 bridgehead atoms. The molecule has 4 atom stereocenters. The van der Waals surface area contributed by atoms with Crippen molar-refractivity contribution in [3.05, 3.63) is 52.6 Å². The van der Waals surface area contributed by atoms with Crippen molar-refractivity contribution in [3.63, 3.8) is 0 Å². The minimum Gasteiger partial charge on any atom is -0.330 e. The number of likely N-dealkylation sites (tertiary alicyclic amines) is 2. The largest absolute Gasteiger partial charge is 0.354 e. The summed E-state index contributed by atoms with van der Waals surface area (Å²) in [6.07, 6.45) is 2.55. The van der Waals surface area contributed by atoms with Crippen molar-refractivity contribution in [1.29, 1.82) is 0 Å². The molecule has 3 fully saturated rings. The van der Waals surface area contributed by atoms with Crippen LogP contribution in [0.5, 0.6) is 0 Å². The molecule has 0 unspecified atom stereocenters. The molecule has 2 aromatic rings. The van der Waals surface area contributed by atoms with E-state index in [1.165, 1.54) is 10.1 Å². The predicted octanol–water partition coefficient (Wildman–Crippen LogP) is 0.434. The third-order valence-corrected chi connectivity index (χ3v) is 6.90. The van der Waals surface area contributed by atoms with Crippen LogP contribution in [0, 0.1) is 17.8 Å². The average Bonchev–Trinajstić information content (AvgIpc) is 3.16. The highest BCUT2D eigenvalue weighted by atomic mass is 16.2. The molecule has 1 aliphatic carbocycles. The van der Waals surface area contributed by atoms with Crippen molar-refractivity contribution in [1.82, 2.24) is 19.4 Å². The number of nitrogens with one attached hydrogen (secondary N) is 1. The smallest absolute Gasteiger partial charge is 0.330 e. The summed E-state index contributed by atoms with van der Waals surface area (Å²) < 4.78 is 1.48. The summed E-state index contributed by atoms with van der Waals surface area (Å²) in [7, 11) is 0. The molecule has 9 nitrogen and oxygen atoms in total. The predicted molar refractivity (Wildman–Crippen MR) is 118 cm³/mol. The Labute approximate surface area is 181 Å². The molecule has 9 heteroatoms. The fraction of sp³-hybridized carbons (Fsp3) is 0.500. The topological polar surface area (TPSA) is 123 Å². The normalized spacial score (nSPS) is 27.4. The van der Waals surface area contributed by atoms with Crippen LogP contribution in [-0.4, -0.2) is 64.1 Å². The van der Waals surface area contributed by atoms with Crippen LogP contribution in [0.1, 0.15) is 12.0 Å². The molecule has 2 saturated heterocycles. The van der Waals surface area contributed by atoms with Crippen molar-refractivity contribution in [2.75, 3.05) is 38.0 Å². The van der Waals surface area contributed by atoms with Gasteiger partial charge in [-0.25, -0.2) is 9.59 Å². The maximum atomic E-state index is 12.5. The number of anilines is 1. The zero-order chi connectivity index (χ0) is 21.5. The maximum absolute atomic E-state index is 12.5. The Bertz CT molecular complexity index is 1010. The molecule has 2 amide bonds. The number of nitrogens with two attached hydrogens (primary N) is 2. The molecule has 31 heavy (non-hydrogen) atoms. The number of rotatable bonds is 5. The van der Waals surface area contributed by atoms with Gasteiger partial charge in [0.15, 0.2) is 0 Å². The number of piperidine rings is 1. The van der Waals surface area contributed by atoms with Gasteiger partial charge >= 0.3 is 11.7 Å². The lowest BCUT2D eigenvalue weighted by atomic mass is 10.1. The van der Waals surface area contributed by atoms with Gasteiger partial charge in [-0.15, -0.1) is 0 Å². The highest BCUT2D eigenvalue weighted by Crippen LogP contribution is 2.44. The number of carbonyl (C=O) groups excluding carboxylic acids is 1. The molecule has 1 aromatic carbocycles. The standard InChI is InChI=1S/C22H29N7O2/c23-9-15-5-7-28(11-15)21(30)25-19-6-8-29(22(31)26-19)16-3-1-14(2-4-16)10-27-12-17-18(13-27)20(17)24/h1-4,6,8,15,17-18,20H,5,7,9-13,23-24H2,(H,25,26,30,31)/t15-,17-,18+,20+/m0/s1. The van der Waals surface area contributed by atoms with Crippen molar-refractivity contribution < 1.29 is 4.79 Å². The number of carbonyl (C=O) groups is 1. The first kappa shape index (κ1) is 20.2. The van der Waals surface area contributed by atoms with Crippen LogP contribution >= 0.6 is 0 Å². The van der Waals surface area contributed by atoms with Gasteiger partial charge in [0, 0.05) is 45.0 Å². The molecule has 3 aliphatic rings. The van der Waals surface area contributed by atoms with Crippen molar-refractivity contribution in [3.8, 4) is 5.69 Å². The number of benzene rings is 1. The monoisotopic (exact) mass is 423 g/mol. The van der Waals surface area contributed by atoms with E-state index >= 15 is 0 Å². The van der Waals surface area contributed by atoms with Crippen molar-refractivity contribution >= 4 is 11.8 Å². The van der Waals surface area contributed by atoms with E-state index in [2.05, 4.69) is 15.2 Å². The molecule has 1 aromatic heterocycles. The average molecular weight is 424 g/mol. The molecule has 164 valence electrons. The second-order valence-corrected chi connectivity index (χ2v) is 9.00. The Morgan fingerprint density at radius 2 is 1.87 bits per heavy atom. The highest BCUT2D eigenvalue weighted by Gasteiger charge is 2.53. The Kier molecular flexibility index (Phi) is 5.25. The van der Waals surface area contributed by atoms with E-state index in [9.17, 15) is 9.59 Å². The summed E-state index contributed by atoms with van der Waals surface area (Å²) in [6.45, 7) is 4.94. The van der Waals surface area contributed by atoms with Gasteiger partial charge in [0.25, 0.3) is 0 Å².